The standard InChI is InChI=1S/C20H20N4O6.C3H8/c25-11-15-17(27)18(28)19(30-15)23-8-4-16(26)24(20(23)29)10-14-9-13(3-7-22-14)12-1-5-21-6-2-12;1-3-2/h1-9,15,17-19,25,27-28H,10-11H2;3H2,1-2H3. The Morgan fingerprint density at radius 2 is 1.67 bits per heavy atom. The molecule has 4 unspecified atom stereocenters. The highest BCUT2D eigenvalue weighted by atomic mass is 16.6. The molecule has 1 saturated heterocycles. The maximum atomic E-state index is 12.9. The average Bonchev–Trinajstić information content (AvgIpc) is 3.11. The molecule has 1 aliphatic heterocycles. The third-order valence-corrected chi connectivity index (χ3v) is 5.04. The largest absolute Gasteiger partial charge is 0.394 e. The van der Waals surface area contributed by atoms with Gasteiger partial charge in [-0.3, -0.25) is 23.9 Å². The lowest BCUT2D eigenvalue weighted by atomic mass is 10.1. The predicted molar refractivity (Wildman–Crippen MR) is 121 cm³/mol. The molecule has 10 nitrogen and oxygen atoms in total. The Morgan fingerprint density at radius 3 is 2.30 bits per heavy atom. The molecule has 3 aromatic heterocycles. The van der Waals surface area contributed by atoms with Crippen LogP contribution in [0.15, 0.2) is 64.7 Å². The zero-order valence-electron chi connectivity index (χ0n) is 18.5. The fraction of sp³-hybridized carbons (Fsp3) is 0.391. The smallest absolute Gasteiger partial charge is 0.333 e. The second-order valence-electron chi connectivity index (χ2n) is 7.64. The maximum absolute atomic E-state index is 12.9. The van der Waals surface area contributed by atoms with Gasteiger partial charge in [-0.25, -0.2) is 4.79 Å². The maximum Gasteiger partial charge on any atom is 0.333 e. The summed E-state index contributed by atoms with van der Waals surface area (Å²) in [5.74, 6) is 0. The Kier molecular flexibility index (Phi) is 8.23. The van der Waals surface area contributed by atoms with Crippen molar-refractivity contribution in [1.82, 2.24) is 19.1 Å². The zero-order chi connectivity index (χ0) is 24.0. The van der Waals surface area contributed by atoms with Gasteiger partial charge in [-0.05, 0) is 35.4 Å². The predicted octanol–water partition coefficient (Wildman–Crippen LogP) is 0.543. The molecule has 176 valence electrons. The molecular formula is C23H28N4O6. The van der Waals surface area contributed by atoms with Gasteiger partial charge in [0.25, 0.3) is 5.56 Å². The minimum Gasteiger partial charge on any atom is -0.394 e. The van der Waals surface area contributed by atoms with Gasteiger partial charge in [0.15, 0.2) is 6.23 Å². The first-order valence-electron chi connectivity index (χ1n) is 10.7. The average molecular weight is 456 g/mol. The van der Waals surface area contributed by atoms with Gasteiger partial charge in [0, 0.05) is 30.9 Å². The normalized spacial score (nSPS) is 22.0. The number of aliphatic hydroxyl groups is 3. The molecule has 4 rings (SSSR count). The highest BCUT2D eigenvalue weighted by molar-refractivity contribution is 5.62. The fourth-order valence-electron chi connectivity index (χ4n) is 3.43. The number of rotatable bonds is 5. The van der Waals surface area contributed by atoms with Gasteiger partial charge in [-0.2, -0.15) is 0 Å². The Balaban J connectivity index is 0.000000968. The van der Waals surface area contributed by atoms with Crippen LogP contribution in [-0.2, 0) is 11.3 Å². The molecule has 0 amide bonds. The number of aromatic nitrogens is 4. The van der Waals surface area contributed by atoms with E-state index in [-0.39, 0.29) is 6.54 Å². The minimum absolute atomic E-state index is 0.0910. The van der Waals surface area contributed by atoms with Gasteiger partial charge >= 0.3 is 5.69 Å². The van der Waals surface area contributed by atoms with Crippen molar-refractivity contribution in [1.29, 1.82) is 0 Å². The van der Waals surface area contributed by atoms with Crippen molar-refractivity contribution in [3.63, 3.8) is 0 Å². The van der Waals surface area contributed by atoms with Crippen LogP contribution in [0, 0.1) is 0 Å². The molecule has 0 radical (unpaired) electrons. The van der Waals surface area contributed by atoms with E-state index in [9.17, 15) is 24.9 Å². The van der Waals surface area contributed by atoms with Crippen LogP contribution in [0.25, 0.3) is 11.1 Å². The van der Waals surface area contributed by atoms with Gasteiger partial charge < -0.3 is 20.1 Å². The van der Waals surface area contributed by atoms with Crippen LogP contribution in [0.1, 0.15) is 32.2 Å². The fourth-order valence-corrected chi connectivity index (χ4v) is 3.43. The third kappa shape index (κ3) is 5.42. The molecule has 1 fully saturated rings. The van der Waals surface area contributed by atoms with Crippen molar-refractivity contribution in [2.24, 2.45) is 0 Å². The highest BCUT2D eigenvalue weighted by Gasteiger charge is 2.43. The molecule has 0 aromatic carbocycles. The lowest BCUT2D eigenvalue weighted by Crippen LogP contribution is -2.43. The van der Waals surface area contributed by atoms with Gasteiger partial charge in [-0.15, -0.1) is 0 Å². The number of hydrogen-bond donors (Lipinski definition) is 3. The molecule has 0 saturated carbocycles. The van der Waals surface area contributed by atoms with Crippen LogP contribution in [0.5, 0.6) is 0 Å². The van der Waals surface area contributed by atoms with E-state index < -0.39 is 42.4 Å². The van der Waals surface area contributed by atoms with E-state index in [1.807, 2.05) is 18.2 Å². The van der Waals surface area contributed by atoms with Crippen LogP contribution in [-0.4, -0.2) is 59.3 Å². The van der Waals surface area contributed by atoms with Gasteiger partial charge in [-0.1, -0.05) is 20.3 Å². The van der Waals surface area contributed by atoms with Crippen molar-refractivity contribution < 1.29 is 20.1 Å². The molecule has 3 aromatic rings. The molecule has 4 heterocycles. The summed E-state index contributed by atoms with van der Waals surface area (Å²) < 4.78 is 7.39. The second kappa shape index (κ2) is 11.1. The van der Waals surface area contributed by atoms with E-state index in [0.29, 0.717) is 5.69 Å². The summed E-state index contributed by atoms with van der Waals surface area (Å²) in [4.78, 5) is 33.5. The molecule has 3 N–H and O–H groups in total. The van der Waals surface area contributed by atoms with Crippen molar-refractivity contribution in [2.75, 3.05) is 6.61 Å². The number of hydrogen-bond acceptors (Lipinski definition) is 8. The zero-order valence-corrected chi connectivity index (χ0v) is 18.5. The van der Waals surface area contributed by atoms with E-state index in [4.69, 9.17) is 4.74 Å². The van der Waals surface area contributed by atoms with E-state index in [0.717, 1.165) is 20.3 Å². The van der Waals surface area contributed by atoms with Crippen molar-refractivity contribution in [3.05, 3.63) is 81.7 Å². The van der Waals surface area contributed by atoms with Crippen LogP contribution in [0.2, 0.25) is 0 Å². The van der Waals surface area contributed by atoms with E-state index in [2.05, 4.69) is 23.8 Å². The van der Waals surface area contributed by atoms with Crippen LogP contribution < -0.4 is 11.2 Å². The van der Waals surface area contributed by atoms with Crippen LogP contribution in [0.3, 0.4) is 0 Å². The summed E-state index contributed by atoms with van der Waals surface area (Å²) in [5, 5.41) is 29.4. The summed E-state index contributed by atoms with van der Waals surface area (Å²) in [5.41, 5.74) is 0.989. The molecular weight excluding hydrogens is 428 g/mol. The Labute approximate surface area is 190 Å². The van der Waals surface area contributed by atoms with Crippen molar-refractivity contribution in [2.45, 2.75) is 51.4 Å². The summed E-state index contributed by atoms with van der Waals surface area (Å²) >= 11 is 0. The minimum atomic E-state index is -1.43. The quantitative estimate of drug-likeness (QED) is 0.506. The van der Waals surface area contributed by atoms with Gasteiger partial charge in [0.05, 0.1) is 18.8 Å². The number of ether oxygens (including phenoxy) is 1. The molecule has 0 bridgehead atoms. The first kappa shape index (κ1) is 24.5. The molecule has 4 atom stereocenters. The molecule has 0 aliphatic carbocycles. The van der Waals surface area contributed by atoms with Gasteiger partial charge in [0.2, 0.25) is 0 Å². The second-order valence-corrected chi connectivity index (χ2v) is 7.64. The van der Waals surface area contributed by atoms with Gasteiger partial charge in [0.1, 0.15) is 18.3 Å². The summed E-state index contributed by atoms with van der Waals surface area (Å²) in [6.07, 6.45) is 2.31. The lowest BCUT2D eigenvalue weighted by Gasteiger charge is -2.18. The molecule has 10 heteroatoms. The number of nitrogens with zero attached hydrogens (tertiary/aromatic N) is 4. The Morgan fingerprint density at radius 1 is 1.00 bits per heavy atom. The monoisotopic (exact) mass is 456 g/mol. The molecule has 0 spiro atoms. The van der Waals surface area contributed by atoms with Crippen LogP contribution in [0.4, 0.5) is 0 Å². The van der Waals surface area contributed by atoms with E-state index >= 15 is 0 Å². The third-order valence-electron chi connectivity index (χ3n) is 5.04. The van der Waals surface area contributed by atoms with E-state index in [1.54, 1.807) is 24.7 Å². The first-order valence-corrected chi connectivity index (χ1v) is 10.7. The number of aliphatic hydroxyl groups excluding tert-OH is 3. The Bertz CT molecular complexity index is 1160. The summed E-state index contributed by atoms with van der Waals surface area (Å²) in [6.45, 7) is 3.64. The lowest BCUT2D eigenvalue weighted by molar-refractivity contribution is -0.0555. The molecule has 33 heavy (non-hydrogen) atoms. The number of pyridine rings is 2. The Hall–Kier alpha value is -3.18. The highest BCUT2D eigenvalue weighted by Crippen LogP contribution is 2.27. The van der Waals surface area contributed by atoms with E-state index in [1.165, 1.54) is 18.7 Å². The summed E-state index contributed by atoms with van der Waals surface area (Å²) in [6, 6.07) is 8.42. The van der Waals surface area contributed by atoms with Crippen LogP contribution >= 0.6 is 0 Å². The van der Waals surface area contributed by atoms with Crippen molar-refractivity contribution >= 4 is 0 Å². The molecule has 1 aliphatic rings. The van der Waals surface area contributed by atoms with Crippen molar-refractivity contribution in [3.8, 4) is 11.1 Å². The first-order chi connectivity index (χ1) is 15.9. The SMILES string of the molecule is CCC.O=c1ccn(C2OC(CO)C(O)C2O)c(=O)n1Cc1cc(-c2ccncc2)ccn1. The topological polar surface area (TPSA) is 140 Å². The summed E-state index contributed by atoms with van der Waals surface area (Å²) in [7, 11) is 0.